The second-order valence-electron chi connectivity index (χ2n) is 6.50. The van der Waals surface area contributed by atoms with Crippen molar-refractivity contribution in [3.63, 3.8) is 0 Å². The van der Waals surface area contributed by atoms with Crippen molar-refractivity contribution in [1.82, 2.24) is 15.3 Å². The molecule has 0 saturated carbocycles. The summed E-state index contributed by atoms with van der Waals surface area (Å²) in [6.45, 7) is 7.61. The van der Waals surface area contributed by atoms with Gasteiger partial charge in [0.1, 0.15) is 11.5 Å². The lowest BCUT2D eigenvalue weighted by atomic mass is 10.2. The third-order valence-corrected chi connectivity index (χ3v) is 3.98. The van der Waals surface area contributed by atoms with Crippen LogP contribution in [-0.4, -0.2) is 48.7 Å². The van der Waals surface area contributed by atoms with Crippen LogP contribution in [0.15, 0.2) is 36.4 Å². The molecule has 1 aromatic carbocycles. The highest BCUT2D eigenvalue weighted by Gasteiger charge is 2.18. The first-order chi connectivity index (χ1) is 12.1. The van der Waals surface area contributed by atoms with E-state index in [2.05, 4.69) is 34.0 Å². The highest BCUT2D eigenvalue weighted by atomic mass is 16.5. The first kappa shape index (κ1) is 17.4. The SMILES string of the molecule is CC(C)CNC(=O)c1cc(N2CCOCC2)nc(-c2ccccc2)n1. The highest BCUT2D eigenvalue weighted by molar-refractivity contribution is 5.93. The monoisotopic (exact) mass is 340 g/mol. The number of aromatic nitrogens is 2. The number of carbonyl (C=O) groups excluding carboxylic acids is 1. The Labute approximate surface area is 148 Å². The molecule has 2 aromatic rings. The Kier molecular flexibility index (Phi) is 5.60. The van der Waals surface area contributed by atoms with E-state index in [4.69, 9.17) is 4.74 Å². The van der Waals surface area contributed by atoms with Crippen molar-refractivity contribution in [2.24, 2.45) is 5.92 Å². The summed E-state index contributed by atoms with van der Waals surface area (Å²) in [5, 5.41) is 2.93. The van der Waals surface area contributed by atoms with Crippen LogP contribution in [0.2, 0.25) is 0 Å². The highest BCUT2D eigenvalue weighted by Crippen LogP contribution is 2.21. The van der Waals surface area contributed by atoms with Gasteiger partial charge in [0, 0.05) is 31.3 Å². The van der Waals surface area contributed by atoms with E-state index in [1.165, 1.54) is 0 Å². The van der Waals surface area contributed by atoms with E-state index in [-0.39, 0.29) is 5.91 Å². The summed E-state index contributed by atoms with van der Waals surface area (Å²) in [4.78, 5) is 23.8. The Morgan fingerprint density at radius 1 is 1.20 bits per heavy atom. The molecule has 1 N–H and O–H groups in total. The van der Waals surface area contributed by atoms with Gasteiger partial charge in [-0.3, -0.25) is 4.79 Å². The van der Waals surface area contributed by atoms with Crippen LogP contribution in [0.25, 0.3) is 11.4 Å². The van der Waals surface area contributed by atoms with Gasteiger partial charge in [-0.15, -0.1) is 0 Å². The average Bonchev–Trinajstić information content (AvgIpc) is 2.67. The van der Waals surface area contributed by atoms with Crippen molar-refractivity contribution < 1.29 is 9.53 Å². The molecular formula is C19H24N4O2. The largest absolute Gasteiger partial charge is 0.378 e. The number of hydrogen-bond donors (Lipinski definition) is 1. The summed E-state index contributed by atoms with van der Waals surface area (Å²) in [5.41, 5.74) is 1.30. The Hall–Kier alpha value is -2.47. The van der Waals surface area contributed by atoms with Gasteiger partial charge in [-0.1, -0.05) is 44.2 Å². The van der Waals surface area contributed by atoms with E-state index in [0.29, 0.717) is 37.2 Å². The molecule has 1 amide bonds. The Morgan fingerprint density at radius 3 is 2.60 bits per heavy atom. The smallest absolute Gasteiger partial charge is 0.270 e. The Morgan fingerprint density at radius 2 is 1.92 bits per heavy atom. The molecule has 0 bridgehead atoms. The molecule has 6 heteroatoms. The minimum Gasteiger partial charge on any atom is -0.378 e. The van der Waals surface area contributed by atoms with Crippen molar-refractivity contribution in [1.29, 1.82) is 0 Å². The van der Waals surface area contributed by atoms with Crippen molar-refractivity contribution in [2.75, 3.05) is 37.7 Å². The second kappa shape index (κ2) is 8.07. The molecular weight excluding hydrogens is 316 g/mol. The molecule has 1 fully saturated rings. The lowest BCUT2D eigenvalue weighted by Gasteiger charge is -2.28. The summed E-state index contributed by atoms with van der Waals surface area (Å²) in [6, 6.07) is 11.5. The molecule has 0 radical (unpaired) electrons. The molecule has 132 valence electrons. The van der Waals surface area contributed by atoms with Crippen LogP contribution in [0.4, 0.5) is 5.82 Å². The average molecular weight is 340 g/mol. The zero-order valence-corrected chi connectivity index (χ0v) is 14.7. The number of hydrogen-bond acceptors (Lipinski definition) is 5. The summed E-state index contributed by atoms with van der Waals surface area (Å²) in [7, 11) is 0. The lowest BCUT2D eigenvalue weighted by molar-refractivity contribution is 0.0944. The zero-order valence-electron chi connectivity index (χ0n) is 14.7. The van der Waals surface area contributed by atoms with Gasteiger partial charge >= 0.3 is 0 Å². The number of anilines is 1. The molecule has 25 heavy (non-hydrogen) atoms. The van der Waals surface area contributed by atoms with Gasteiger partial charge < -0.3 is 15.0 Å². The first-order valence-electron chi connectivity index (χ1n) is 8.69. The third kappa shape index (κ3) is 4.54. The fraction of sp³-hybridized carbons (Fsp3) is 0.421. The summed E-state index contributed by atoms with van der Waals surface area (Å²) >= 11 is 0. The quantitative estimate of drug-likeness (QED) is 0.905. The van der Waals surface area contributed by atoms with Gasteiger partial charge in [-0.25, -0.2) is 9.97 Å². The molecule has 0 atom stereocenters. The summed E-state index contributed by atoms with van der Waals surface area (Å²) in [6.07, 6.45) is 0. The van der Waals surface area contributed by atoms with Crippen LogP contribution in [0.5, 0.6) is 0 Å². The molecule has 3 rings (SSSR count). The number of nitrogens with zero attached hydrogens (tertiary/aromatic N) is 3. The standard InChI is InChI=1S/C19H24N4O2/c1-14(2)13-20-19(24)16-12-17(23-8-10-25-11-9-23)22-18(21-16)15-6-4-3-5-7-15/h3-7,12,14H,8-11,13H2,1-2H3,(H,20,24). The van der Waals surface area contributed by atoms with Gasteiger partial charge in [-0.05, 0) is 5.92 Å². The molecule has 0 spiro atoms. The van der Waals surface area contributed by atoms with Crippen LogP contribution in [0.3, 0.4) is 0 Å². The Bertz CT molecular complexity index is 713. The van der Waals surface area contributed by atoms with Gasteiger partial charge in [0.25, 0.3) is 5.91 Å². The zero-order chi connectivity index (χ0) is 17.6. The minimum atomic E-state index is -0.164. The van der Waals surface area contributed by atoms with E-state index in [0.717, 1.165) is 24.5 Å². The predicted octanol–water partition coefficient (Wildman–Crippen LogP) is 2.37. The maximum absolute atomic E-state index is 12.5. The molecule has 0 aliphatic carbocycles. The van der Waals surface area contributed by atoms with E-state index >= 15 is 0 Å². The number of ether oxygens (including phenoxy) is 1. The second-order valence-corrected chi connectivity index (χ2v) is 6.50. The molecule has 1 aromatic heterocycles. The van der Waals surface area contributed by atoms with Gasteiger partial charge in [0.15, 0.2) is 5.82 Å². The number of amides is 1. The lowest BCUT2D eigenvalue weighted by Crippen LogP contribution is -2.37. The van der Waals surface area contributed by atoms with Crippen molar-refractivity contribution >= 4 is 11.7 Å². The molecule has 0 unspecified atom stereocenters. The van der Waals surface area contributed by atoms with Gasteiger partial charge in [0.2, 0.25) is 0 Å². The van der Waals surface area contributed by atoms with Gasteiger partial charge in [0.05, 0.1) is 13.2 Å². The Balaban J connectivity index is 1.94. The molecule has 1 aliphatic heterocycles. The molecule has 1 aliphatic rings. The number of rotatable bonds is 5. The van der Waals surface area contributed by atoms with Crippen LogP contribution in [0, 0.1) is 5.92 Å². The minimum absolute atomic E-state index is 0.164. The van der Waals surface area contributed by atoms with Crippen LogP contribution in [-0.2, 0) is 4.74 Å². The van der Waals surface area contributed by atoms with Gasteiger partial charge in [-0.2, -0.15) is 0 Å². The fourth-order valence-corrected chi connectivity index (χ4v) is 2.61. The molecule has 2 heterocycles. The van der Waals surface area contributed by atoms with Crippen molar-refractivity contribution in [2.45, 2.75) is 13.8 Å². The fourth-order valence-electron chi connectivity index (χ4n) is 2.61. The molecule has 6 nitrogen and oxygen atoms in total. The number of benzene rings is 1. The topological polar surface area (TPSA) is 67.4 Å². The number of carbonyl (C=O) groups is 1. The summed E-state index contributed by atoms with van der Waals surface area (Å²) < 4.78 is 5.41. The van der Waals surface area contributed by atoms with Crippen LogP contribution >= 0.6 is 0 Å². The van der Waals surface area contributed by atoms with Crippen molar-refractivity contribution in [3.05, 3.63) is 42.1 Å². The van der Waals surface area contributed by atoms with Crippen LogP contribution < -0.4 is 10.2 Å². The van der Waals surface area contributed by atoms with Crippen molar-refractivity contribution in [3.8, 4) is 11.4 Å². The number of morpholine rings is 1. The normalized spacial score (nSPS) is 14.6. The maximum atomic E-state index is 12.5. The molecule has 1 saturated heterocycles. The van der Waals surface area contributed by atoms with Crippen LogP contribution in [0.1, 0.15) is 24.3 Å². The summed E-state index contributed by atoms with van der Waals surface area (Å²) in [5.74, 6) is 1.56. The van der Waals surface area contributed by atoms with E-state index in [1.807, 2.05) is 30.3 Å². The van der Waals surface area contributed by atoms with E-state index in [9.17, 15) is 4.79 Å². The third-order valence-electron chi connectivity index (χ3n) is 3.98. The van der Waals surface area contributed by atoms with E-state index < -0.39 is 0 Å². The first-order valence-corrected chi connectivity index (χ1v) is 8.69. The predicted molar refractivity (Wildman–Crippen MR) is 97.7 cm³/mol. The van der Waals surface area contributed by atoms with E-state index in [1.54, 1.807) is 6.07 Å². The maximum Gasteiger partial charge on any atom is 0.270 e. The number of nitrogens with one attached hydrogen (secondary N) is 1.